The highest BCUT2D eigenvalue weighted by molar-refractivity contribution is 6.43. The Bertz CT molecular complexity index is 421. The third-order valence-electron chi connectivity index (χ3n) is 3.28. The molecule has 0 saturated heterocycles. The monoisotopic (exact) mass is 295 g/mol. The Hall–Kier alpha value is -1.65. The molecule has 1 aliphatic rings. The van der Waals surface area contributed by atoms with Crippen molar-refractivity contribution in [3.8, 4) is 0 Å². The molecule has 0 spiro atoms. The van der Waals surface area contributed by atoms with Gasteiger partial charge in [0.2, 0.25) is 11.6 Å². The van der Waals surface area contributed by atoms with Gasteiger partial charge in [-0.1, -0.05) is 47.0 Å². The zero-order chi connectivity index (χ0) is 16.3. The Kier molecular flexibility index (Phi) is 10.2. The van der Waals surface area contributed by atoms with Crippen molar-refractivity contribution < 1.29 is 9.59 Å². The first-order valence-corrected chi connectivity index (χ1v) is 8.04. The van der Waals surface area contributed by atoms with E-state index < -0.39 is 5.78 Å². The van der Waals surface area contributed by atoms with Gasteiger partial charge in [0, 0.05) is 19.0 Å². The molecule has 1 heterocycles. The molecule has 5 nitrogen and oxygen atoms in total. The Morgan fingerprint density at radius 2 is 1.71 bits per heavy atom. The lowest BCUT2D eigenvalue weighted by molar-refractivity contribution is -0.119. The number of hydrogen-bond acceptors (Lipinski definition) is 4. The van der Waals surface area contributed by atoms with E-state index in [-0.39, 0.29) is 17.4 Å². The minimum Gasteiger partial charge on any atom is -0.372 e. The quantitative estimate of drug-likeness (QED) is 0.654. The number of aromatic nitrogens is 2. The van der Waals surface area contributed by atoms with E-state index in [0.717, 1.165) is 25.7 Å². The van der Waals surface area contributed by atoms with Crippen LogP contribution < -0.4 is 5.32 Å². The number of carbonyl (C=O) groups excluding carboxylic acids is 2. The highest BCUT2D eigenvalue weighted by Crippen LogP contribution is 2.25. The van der Waals surface area contributed by atoms with Gasteiger partial charge in [-0.15, -0.1) is 0 Å². The predicted octanol–water partition coefficient (Wildman–Crippen LogP) is 3.84. The average molecular weight is 295 g/mol. The summed E-state index contributed by atoms with van der Waals surface area (Å²) in [5.41, 5.74) is 0.282. The fraction of sp³-hybridized carbons (Fsp3) is 0.688. The summed E-state index contributed by atoms with van der Waals surface area (Å²) in [6.07, 6.45) is 4.96. The van der Waals surface area contributed by atoms with Crippen LogP contribution in [0.5, 0.6) is 0 Å². The zero-order valence-corrected chi connectivity index (χ0v) is 14.0. The molecule has 0 aliphatic heterocycles. The van der Waals surface area contributed by atoms with Crippen LogP contribution in [-0.2, 0) is 4.79 Å². The van der Waals surface area contributed by atoms with E-state index in [1.165, 1.54) is 6.42 Å². The molecule has 0 radical (unpaired) electrons. The van der Waals surface area contributed by atoms with Crippen LogP contribution in [0.1, 0.15) is 70.3 Å². The summed E-state index contributed by atoms with van der Waals surface area (Å²) in [5, 5.41) is 9.28. The number of Topliss-reactive ketones (excluding diaryl/α,β-unsaturated/α-hetero) is 2. The third kappa shape index (κ3) is 5.69. The van der Waals surface area contributed by atoms with Crippen molar-refractivity contribution in [2.24, 2.45) is 5.92 Å². The average Bonchev–Trinajstić information content (AvgIpc) is 3.07. The zero-order valence-electron chi connectivity index (χ0n) is 14.0. The minimum absolute atomic E-state index is 0.0856. The van der Waals surface area contributed by atoms with E-state index in [2.05, 4.69) is 15.5 Å². The molecule has 21 heavy (non-hydrogen) atoms. The SMILES string of the molecule is CC.CC.CNc1cc(C(=O)C(=O)C2CCCCC2)[nH]n1. The van der Waals surface area contributed by atoms with Gasteiger partial charge in [0.1, 0.15) is 11.5 Å². The molecule has 0 amide bonds. The van der Waals surface area contributed by atoms with Crippen LogP contribution in [0.15, 0.2) is 6.07 Å². The van der Waals surface area contributed by atoms with Gasteiger partial charge in [-0.2, -0.15) is 5.10 Å². The summed E-state index contributed by atoms with van der Waals surface area (Å²) in [5.74, 6) is -0.218. The number of rotatable bonds is 4. The highest BCUT2D eigenvalue weighted by Gasteiger charge is 2.28. The van der Waals surface area contributed by atoms with Crippen LogP contribution in [0.25, 0.3) is 0 Å². The number of hydrogen-bond donors (Lipinski definition) is 2. The molecule has 1 aromatic rings. The van der Waals surface area contributed by atoms with E-state index in [9.17, 15) is 9.59 Å². The topological polar surface area (TPSA) is 74.8 Å². The standard InChI is InChI=1S/C12H17N3O2.2C2H6/c1-13-10-7-9(14-15-10)12(17)11(16)8-5-3-2-4-6-8;2*1-2/h7-8H,2-6H2,1H3,(H2,13,14,15);2*1-2H3. The fourth-order valence-electron chi connectivity index (χ4n) is 2.25. The normalized spacial score (nSPS) is 14.1. The van der Waals surface area contributed by atoms with Crippen molar-refractivity contribution in [3.63, 3.8) is 0 Å². The maximum Gasteiger partial charge on any atom is 0.246 e. The molecule has 2 N–H and O–H groups in total. The maximum atomic E-state index is 12.0. The summed E-state index contributed by atoms with van der Waals surface area (Å²) < 4.78 is 0. The number of ketones is 2. The van der Waals surface area contributed by atoms with Crippen LogP contribution in [0.3, 0.4) is 0 Å². The molecule has 0 aromatic carbocycles. The summed E-state index contributed by atoms with van der Waals surface area (Å²) in [4.78, 5) is 23.9. The van der Waals surface area contributed by atoms with E-state index in [0.29, 0.717) is 5.82 Å². The molecule has 5 heteroatoms. The lowest BCUT2D eigenvalue weighted by Crippen LogP contribution is -2.26. The van der Waals surface area contributed by atoms with Crippen molar-refractivity contribution in [1.29, 1.82) is 0 Å². The van der Waals surface area contributed by atoms with E-state index in [1.54, 1.807) is 13.1 Å². The molecule has 0 bridgehead atoms. The first kappa shape index (κ1) is 19.4. The van der Waals surface area contributed by atoms with Crippen molar-refractivity contribution in [1.82, 2.24) is 10.2 Å². The van der Waals surface area contributed by atoms with Gasteiger partial charge in [-0.05, 0) is 12.8 Å². The summed E-state index contributed by atoms with van der Waals surface area (Å²) >= 11 is 0. The summed E-state index contributed by atoms with van der Waals surface area (Å²) in [6, 6.07) is 1.57. The van der Waals surface area contributed by atoms with Crippen molar-refractivity contribution in [2.45, 2.75) is 59.8 Å². The number of anilines is 1. The largest absolute Gasteiger partial charge is 0.372 e. The molecule has 0 unspecified atom stereocenters. The minimum atomic E-state index is -0.439. The molecule has 1 aliphatic carbocycles. The van der Waals surface area contributed by atoms with Gasteiger partial charge >= 0.3 is 0 Å². The predicted molar refractivity (Wildman–Crippen MR) is 86.7 cm³/mol. The second kappa shape index (κ2) is 11.1. The van der Waals surface area contributed by atoms with Crippen LogP contribution >= 0.6 is 0 Å². The van der Waals surface area contributed by atoms with Gasteiger partial charge in [0.25, 0.3) is 0 Å². The number of H-pyrrole nitrogens is 1. The lowest BCUT2D eigenvalue weighted by atomic mass is 9.84. The van der Waals surface area contributed by atoms with Crippen LogP contribution in [-0.4, -0.2) is 28.8 Å². The molecule has 1 aromatic heterocycles. The van der Waals surface area contributed by atoms with Crippen LogP contribution in [0.4, 0.5) is 5.82 Å². The molecular formula is C16H29N3O2. The Morgan fingerprint density at radius 3 is 2.19 bits per heavy atom. The van der Waals surface area contributed by atoms with Crippen molar-refractivity contribution in [2.75, 3.05) is 12.4 Å². The Labute approximate surface area is 127 Å². The van der Waals surface area contributed by atoms with E-state index in [4.69, 9.17) is 0 Å². The van der Waals surface area contributed by atoms with Crippen LogP contribution in [0, 0.1) is 5.92 Å². The van der Waals surface area contributed by atoms with Gasteiger partial charge in [-0.3, -0.25) is 14.7 Å². The number of aromatic amines is 1. The second-order valence-electron chi connectivity index (χ2n) is 4.45. The van der Waals surface area contributed by atoms with Gasteiger partial charge < -0.3 is 5.32 Å². The molecular weight excluding hydrogens is 266 g/mol. The Morgan fingerprint density at radius 1 is 1.14 bits per heavy atom. The smallest absolute Gasteiger partial charge is 0.246 e. The first-order chi connectivity index (χ1) is 10.2. The molecule has 120 valence electrons. The third-order valence-corrected chi connectivity index (χ3v) is 3.28. The summed E-state index contributed by atoms with van der Waals surface area (Å²) in [6.45, 7) is 8.00. The van der Waals surface area contributed by atoms with E-state index in [1.807, 2.05) is 27.7 Å². The fourth-order valence-corrected chi connectivity index (χ4v) is 2.25. The number of nitrogens with one attached hydrogen (secondary N) is 2. The first-order valence-electron chi connectivity index (χ1n) is 8.04. The number of carbonyl (C=O) groups is 2. The van der Waals surface area contributed by atoms with Gasteiger partial charge in [0.15, 0.2) is 0 Å². The van der Waals surface area contributed by atoms with Crippen molar-refractivity contribution >= 4 is 17.4 Å². The van der Waals surface area contributed by atoms with Crippen molar-refractivity contribution in [3.05, 3.63) is 11.8 Å². The molecule has 0 atom stereocenters. The number of nitrogens with zero attached hydrogens (tertiary/aromatic N) is 1. The van der Waals surface area contributed by atoms with E-state index >= 15 is 0 Å². The van der Waals surface area contributed by atoms with Gasteiger partial charge in [0.05, 0.1) is 0 Å². The second-order valence-corrected chi connectivity index (χ2v) is 4.45. The van der Waals surface area contributed by atoms with Gasteiger partial charge in [-0.25, -0.2) is 0 Å². The molecule has 1 fully saturated rings. The highest BCUT2D eigenvalue weighted by atomic mass is 16.2. The summed E-state index contributed by atoms with van der Waals surface area (Å²) in [7, 11) is 1.72. The molecule has 1 saturated carbocycles. The maximum absolute atomic E-state index is 12.0. The van der Waals surface area contributed by atoms with Crippen LogP contribution in [0.2, 0.25) is 0 Å². The lowest BCUT2D eigenvalue weighted by Gasteiger charge is -2.18. The Balaban J connectivity index is 0.000000921. The molecule has 2 rings (SSSR count).